The second-order valence-electron chi connectivity index (χ2n) is 4.34. The highest BCUT2D eigenvalue weighted by molar-refractivity contribution is 5.95. The molecule has 0 saturated heterocycles. The second-order valence-corrected chi connectivity index (χ2v) is 4.34. The molecule has 1 rings (SSSR count). The third kappa shape index (κ3) is 1.79. The van der Waals surface area contributed by atoms with Crippen molar-refractivity contribution in [3.8, 4) is 0 Å². The van der Waals surface area contributed by atoms with E-state index < -0.39 is 0 Å². The van der Waals surface area contributed by atoms with Crippen molar-refractivity contribution in [2.75, 3.05) is 0 Å². The zero-order chi connectivity index (χ0) is 10.2. The average Bonchev–Trinajstić information content (AvgIpc) is 2.28. The maximum Gasteiger partial charge on any atom is 0.163 e. The minimum atomic E-state index is -0.0355. The van der Waals surface area contributed by atoms with Crippen molar-refractivity contribution in [1.29, 1.82) is 0 Å². The van der Waals surface area contributed by atoms with Gasteiger partial charge in [0.2, 0.25) is 0 Å². The Kier molecular flexibility index (Phi) is 2.28. The molecule has 3 nitrogen and oxygen atoms in total. The van der Waals surface area contributed by atoms with E-state index >= 15 is 0 Å². The van der Waals surface area contributed by atoms with Gasteiger partial charge in [0.1, 0.15) is 0 Å². The standard InChI is InChI=1S/C10H16N2O/c1-7(13)8-6-11-12(5)9(8)10(2,3)4/h6H,1-5H3. The number of hydrogen-bond donors (Lipinski definition) is 0. The van der Waals surface area contributed by atoms with E-state index in [2.05, 4.69) is 25.9 Å². The van der Waals surface area contributed by atoms with Crippen LogP contribution in [0.1, 0.15) is 43.7 Å². The first kappa shape index (κ1) is 9.96. The number of rotatable bonds is 1. The normalized spacial score (nSPS) is 11.8. The Hall–Kier alpha value is -1.12. The van der Waals surface area contributed by atoms with Crippen molar-refractivity contribution in [3.63, 3.8) is 0 Å². The van der Waals surface area contributed by atoms with Gasteiger partial charge in [-0.2, -0.15) is 5.10 Å². The molecule has 0 radical (unpaired) electrons. The highest BCUT2D eigenvalue weighted by atomic mass is 16.1. The quantitative estimate of drug-likeness (QED) is 0.619. The molecule has 0 aromatic carbocycles. The van der Waals surface area contributed by atoms with Crippen molar-refractivity contribution in [2.24, 2.45) is 7.05 Å². The summed E-state index contributed by atoms with van der Waals surface area (Å²) >= 11 is 0. The Morgan fingerprint density at radius 2 is 2.00 bits per heavy atom. The molecular weight excluding hydrogens is 164 g/mol. The summed E-state index contributed by atoms with van der Waals surface area (Å²) < 4.78 is 1.77. The van der Waals surface area contributed by atoms with Crippen LogP contribution in [0.15, 0.2) is 6.20 Å². The molecule has 1 heterocycles. The van der Waals surface area contributed by atoms with E-state index in [0.717, 1.165) is 11.3 Å². The Labute approximate surface area is 78.8 Å². The van der Waals surface area contributed by atoms with Gasteiger partial charge in [0.05, 0.1) is 17.5 Å². The molecule has 0 saturated carbocycles. The first-order chi connectivity index (χ1) is 5.84. The summed E-state index contributed by atoms with van der Waals surface area (Å²) in [5.74, 6) is 0.0815. The summed E-state index contributed by atoms with van der Waals surface area (Å²) in [7, 11) is 1.87. The number of aryl methyl sites for hydroxylation is 1. The van der Waals surface area contributed by atoms with Crippen LogP contribution < -0.4 is 0 Å². The molecule has 0 amide bonds. The lowest BCUT2D eigenvalue weighted by molar-refractivity contribution is 0.101. The fourth-order valence-corrected chi connectivity index (χ4v) is 1.58. The molecule has 3 heteroatoms. The van der Waals surface area contributed by atoms with Crippen molar-refractivity contribution < 1.29 is 4.79 Å². The minimum absolute atomic E-state index is 0.0355. The SMILES string of the molecule is CC(=O)c1cnn(C)c1C(C)(C)C. The van der Waals surface area contributed by atoms with Gasteiger partial charge >= 0.3 is 0 Å². The van der Waals surface area contributed by atoms with Crippen LogP contribution in [0.2, 0.25) is 0 Å². The molecule has 72 valence electrons. The van der Waals surface area contributed by atoms with Crippen LogP contribution in [-0.2, 0) is 12.5 Å². The topological polar surface area (TPSA) is 34.9 Å². The monoisotopic (exact) mass is 180 g/mol. The van der Waals surface area contributed by atoms with Gasteiger partial charge < -0.3 is 0 Å². The molecule has 0 fully saturated rings. The van der Waals surface area contributed by atoms with Gasteiger partial charge in [-0.15, -0.1) is 0 Å². The molecular formula is C10H16N2O. The van der Waals surface area contributed by atoms with Crippen LogP contribution in [0, 0.1) is 0 Å². The fraction of sp³-hybridized carbons (Fsp3) is 0.600. The predicted octanol–water partition coefficient (Wildman–Crippen LogP) is 1.92. The summed E-state index contributed by atoms with van der Waals surface area (Å²) in [4.78, 5) is 11.3. The first-order valence-corrected chi connectivity index (χ1v) is 4.37. The summed E-state index contributed by atoms with van der Waals surface area (Å²) in [6, 6.07) is 0. The number of hydrogen-bond acceptors (Lipinski definition) is 2. The van der Waals surface area contributed by atoms with Crippen LogP contribution in [-0.4, -0.2) is 15.6 Å². The second kappa shape index (κ2) is 2.98. The van der Waals surface area contributed by atoms with E-state index in [1.807, 2.05) is 7.05 Å². The van der Waals surface area contributed by atoms with Crippen molar-refractivity contribution in [1.82, 2.24) is 9.78 Å². The maximum absolute atomic E-state index is 11.3. The largest absolute Gasteiger partial charge is 0.294 e. The summed E-state index contributed by atoms with van der Waals surface area (Å²) in [6.07, 6.45) is 1.64. The third-order valence-electron chi connectivity index (χ3n) is 2.03. The van der Waals surface area contributed by atoms with Gasteiger partial charge in [-0.25, -0.2) is 0 Å². The molecule has 13 heavy (non-hydrogen) atoms. The smallest absolute Gasteiger partial charge is 0.163 e. The molecule has 0 N–H and O–H groups in total. The lowest BCUT2D eigenvalue weighted by Crippen LogP contribution is -2.19. The Balaban J connectivity index is 3.33. The number of carbonyl (C=O) groups excluding carboxylic acids is 1. The summed E-state index contributed by atoms with van der Waals surface area (Å²) in [5.41, 5.74) is 1.70. The number of Topliss-reactive ketones (excluding diaryl/α,β-unsaturated/α-hetero) is 1. The van der Waals surface area contributed by atoms with Gasteiger partial charge in [0.25, 0.3) is 0 Å². The zero-order valence-corrected chi connectivity index (χ0v) is 8.88. The van der Waals surface area contributed by atoms with Gasteiger partial charge in [-0.3, -0.25) is 9.48 Å². The van der Waals surface area contributed by atoms with E-state index in [9.17, 15) is 4.79 Å². The van der Waals surface area contributed by atoms with Crippen LogP contribution in [0.5, 0.6) is 0 Å². The van der Waals surface area contributed by atoms with Crippen LogP contribution in [0.3, 0.4) is 0 Å². The fourth-order valence-electron chi connectivity index (χ4n) is 1.58. The Morgan fingerprint density at radius 1 is 1.46 bits per heavy atom. The molecule has 0 aliphatic rings. The summed E-state index contributed by atoms with van der Waals surface area (Å²) in [6.45, 7) is 7.82. The van der Waals surface area contributed by atoms with E-state index in [-0.39, 0.29) is 11.2 Å². The van der Waals surface area contributed by atoms with Gasteiger partial charge in [0, 0.05) is 12.5 Å². The Morgan fingerprint density at radius 3 is 2.31 bits per heavy atom. The van der Waals surface area contributed by atoms with Crippen LogP contribution in [0.4, 0.5) is 0 Å². The number of nitrogens with zero attached hydrogens (tertiary/aromatic N) is 2. The van der Waals surface area contributed by atoms with E-state index in [1.165, 1.54) is 0 Å². The third-order valence-corrected chi connectivity index (χ3v) is 2.03. The highest BCUT2D eigenvalue weighted by Crippen LogP contribution is 2.25. The highest BCUT2D eigenvalue weighted by Gasteiger charge is 2.24. The van der Waals surface area contributed by atoms with Crippen LogP contribution in [0.25, 0.3) is 0 Å². The number of aromatic nitrogens is 2. The zero-order valence-electron chi connectivity index (χ0n) is 8.88. The minimum Gasteiger partial charge on any atom is -0.294 e. The van der Waals surface area contributed by atoms with E-state index in [0.29, 0.717) is 0 Å². The molecule has 0 spiro atoms. The van der Waals surface area contributed by atoms with E-state index in [1.54, 1.807) is 17.8 Å². The number of carbonyl (C=O) groups is 1. The predicted molar refractivity (Wildman–Crippen MR) is 51.9 cm³/mol. The van der Waals surface area contributed by atoms with Crippen LogP contribution >= 0.6 is 0 Å². The van der Waals surface area contributed by atoms with Gasteiger partial charge in [-0.05, 0) is 6.92 Å². The lowest BCUT2D eigenvalue weighted by Gasteiger charge is -2.20. The molecule has 0 bridgehead atoms. The molecule has 0 unspecified atom stereocenters. The molecule has 1 aromatic rings. The van der Waals surface area contributed by atoms with E-state index in [4.69, 9.17) is 0 Å². The Bertz CT molecular complexity index is 331. The van der Waals surface area contributed by atoms with Gasteiger partial charge in [0.15, 0.2) is 5.78 Å². The molecule has 0 atom stereocenters. The summed E-state index contributed by atoms with van der Waals surface area (Å²) in [5, 5.41) is 4.10. The van der Waals surface area contributed by atoms with Crippen molar-refractivity contribution >= 4 is 5.78 Å². The number of ketones is 1. The molecule has 1 aromatic heterocycles. The van der Waals surface area contributed by atoms with Gasteiger partial charge in [-0.1, -0.05) is 20.8 Å². The average molecular weight is 180 g/mol. The van der Waals surface area contributed by atoms with Crippen molar-refractivity contribution in [2.45, 2.75) is 33.1 Å². The molecule has 0 aliphatic carbocycles. The first-order valence-electron chi connectivity index (χ1n) is 4.37. The lowest BCUT2D eigenvalue weighted by atomic mass is 9.88. The maximum atomic E-state index is 11.3. The van der Waals surface area contributed by atoms with Crippen molar-refractivity contribution in [3.05, 3.63) is 17.5 Å². The molecule has 0 aliphatic heterocycles.